The molecule has 1 heterocycles. The van der Waals surface area contributed by atoms with E-state index < -0.39 is 23.7 Å². The molecule has 19 heavy (non-hydrogen) atoms. The summed E-state index contributed by atoms with van der Waals surface area (Å²) in [5.74, 6) is -2.13. The predicted molar refractivity (Wildman–Crippen MR) is 65.1 cm³/mol. The van der Waals surface area contributed by atoms with Gasteiger partial charge in [-0.05, 0) is 30.3 Å². The quantitative estimate of drug-likeness (QED) is 0.741. The van der Waals surface area contributed by atoms with Gasteiger partial charge in [0, 0.05) is 10.6 Å². The number of ether oxygens (including phenoxy) is 1. The number of cyclic esters (lactones) is 1. The summed E-state index contributed by atoms with van der Waals surface area (Å²) in [7, 11) is 0. The predicted octanol–water partition coefficient (Wildman–Crippen LogP) is 3.88. The molecule has 3 rings (SSSR count). The maximum Gasteiger partial charge on any atom is 0.339 e. The molecule has 0 bridgehead atoms. The second-order valence-corrected chi connectivity index (χ2v) is 4.59. The van der Waals surface area contributed by atoms with Gasteiger partial charge in [0.25, 0.3) is 0 Å². The van der Waals surface area contributed by atoms with Crippen LogP contribution in [0.4, 0.5) is 8.78 Å². The molecule has 1 unspecified atom stereocenters. The Morgan fingerprint density at radius 1 is 1.11 bits per heavy atom. The van der Waals surface area contributed by atoms with Crippen molar-refractivity contribution in [1.29, 1.82) is 0 Å². The van der Waals surface area contributed by atoms with E-state index in [0.29, 0.717) is 10.6 Å². The van der Waals surface area contributed by atoms with Gasteiger partial charge in [-0.15, -0.1) is 0 Å². The summed E-state index contributed by atoms with van der Waals surface area (Å²) in [4.78, 5) is 11.7. The van der Waals surface area contributed by atoms with Crippen molar-refractivity contribution in [2.75, 3.05) is 0 Å². The van der Waals surface area contributed by atoms with E-state index in [1.807, 2.05) is 0 Å². The fourth-order valence-corrected chi connectivity index (χ4v) is 2.33. The van der Waals surface area contributed by atoms with E-state index in [4.69, 9.17) is 16.3 Å². The average molecular weight is 281 g/mol. The Labute approximate surface area is 112 Å². The van der Waals surface area contributed by atoms with Gasteiger partial charge in [0.2, 0.25) is 0 Å². The molecule has 2 aromatic rings. The van der Waals surface area contributed by atoms with Crippen LogP contribution in [-0.4, -0.2) is 5.97 Å². The monoisotopic (exact) mass is 280 g/mol. The van der Waals surface area contributed by atoms with Crippen LogP contribution in [0.3, 0.4) is 0 Å². The second-order valence-electron chi connectivity index (χ2n) is 4.15. The first-order chi connectivity index (χ1) is 9.08. The number of esters is 1. The van der Waals surface area contributed by atoms with E-state index in [1.165, 1.54) is 24.3 Å². The molecular formula is C14H7ClF2O2. The van der Waals surface area contributed by atoms with Crippen LogP contribution in [0.2, 0.25) is 5.02 Å². The van der Waals surface area contributed by atoms with E-state index in [9.17, 15) is 13.6 Å². The Bertz CT molecular complexity index is 665. The molecule has 1 aliphatic rings. The van der Waals surface area contributed by atoms with Gasteiger partial charge in [0.05, 0.1) is 11.1 Å². The largest absolute Gasteiger partial charge is 0.449 e. The lowest BCUT2D eigenvalue weighted by Gasteiger charge is -2.13. The number of hydrogen-bond donors (Lipinski definition) is 0. The Kier molecular flexibility index (Phi) is 2.75. The molecule has 96 valence electrons. The van der Waals surface area contributed by atoms with Gasteiger partial charge in [0.15, 0.2) is 6.10 Å². The molecule has 0 radical (unpaired) electrons. The first kappa shape index (κ1) is 12.1. The average Bonchev–Trinajstić information content (AvgIpc) is 2.66. The van der Waals surface area contributed by atoms with Crippen molar-refractivity contribution in [2.45, 2.75) is 6.10 Å². The number of benzene rings is 2. The minimum absolute atomic E-state index is 0.275. The molecule has 1 atom stereocenters. The highest BCUT2D eigenvalue weighted by molar-refractivity contribution is 6.30. The molecule has 0 amide bonds. The van der Waals surface area contributed by atoms with Crippen LogP contribution >= 0.6 is 11.6 Å². The van der Waals surface area contributed by atoms with Crippen LogP contribution in [0.15, 0.2) is 36.4 Å². The summed E-state index contributed by atoms with van der Waals surface area (Å²) >= 11 is 5.85. The SMILES string of the molecule is O=C1OC(c2c(F)cccc2F)c2cc(Cl)ccc21. The number of hydrogen-bond acceptors (Lipinski definition) is 2. The minimum atomic E-state index is -1.10. The van der Waals surface area contributed by atoms with E-state index >= 15 is 0 Å². The smallest absolute Gasteiger partial charge is 0.339 e. The number of carbonyl (C=O) groups is 1. The Morgan fingerprint density at radius 2 is 1.79 bits per heavy atom. The van der Waals surface area contributed by atoms with Crippen LogP contribution in [0, 0.1) is 11.6 Å². The van der Waals surface area contributed by atoms with Crippen molar-refractivity contribution in [1.82, 2.24) is 0 Å². The van der Waals surface area contributed by atoms with E-state index in [1.54, 1.807) is 0 Å². The fraction of sp³-hybridized carbons (Fsp3) is 0.0714. The molecule has 2 nitrogen and oxygen atoms in total. The molecule has 0 fully saturated rings. The Morgan fingerprint density at radius 3 is 2.47 bits per heavy atom. The highest BCUT2D eigenvalue weighted by atomic mass is 35.5. The fourth-order valence-electron chi connectivity index (χ4n) is 2.15. The molecule has 0 N–H and O–H groups in total. The number of carbonyl (C=O) groups excluding carboxylic acids is 1. The molecule has 2 aromatic carbocycles. The van der Waals surface area contributed by atoms with Gasteiger partial charge in [-0.25, -0.2) is 13.6 Å². The van der Waals surface area contributed by atoms with E-state index in [-0.39, 0.29) is 11.1 Å². The zero-order valence-electron chi connectivity index (χ0n) is 9.49. The third kappa shape index (κ3) is 1.88. The van der Waals surface area contributed by atoms with Crippen molar-refractivity contribution < 1.29 is 18.3 Å². The summed E-state index contributed by atoms with van der Waals surface area (Å²) in [6.45, 7) is 0. The van der Waals surface area contributed by atoms with Crippen molar-refractivity contribution in [2.24, 2.45) is 0 Å². The molecule has 5 heteroatoms. The zero-order chi connectivity index (χ0) is 13.6. The van der Waals surface area contributed by atoms with Crippen LogP contribution < -0.4 is 0 Å². The summed E-state index contributed by atoms with van der Waals surface area (Å²) < 4.78 is 32.6. The molecule has 0 aliphatic carbocycles. The van der Waals surface area contributed by atoms with Crippen molar-refractivity contribution in [3.8, 4) is 0 Å². The van der Waals surface area contributed by atoms with Gasteiger partial charge in [-0.3, -0.25) is 0 Å². The third-order valence-electron chi connectivity index (χ3n) is 3.00. The van der Waals surface area contributed by atoms with Gasteiger partial charge in [-0.1, -0.05) is 17.7 Å². The highest BCUT2D eigenvalue weighted by Gasteiger charge is 2.35. The van der Waals surface area contributed by atoms with Crippen molar-refractivity contribution >= 4 is 17.6 Å². The lowest BCUT2D eigenvalue weighted by Crippen LogP contribution is -2.06. The van der Waals surface area contributed by atoms with Crippen LogP contribution in [0.25, 0.3) is 0 Å². The number of fused-ring (bicyclic) bond motifs is 1. The first-order valence-corrected chi connectivity index (χ1v) is 5.90. The van der Waals surface area contributed by atoms with Crippen molar-refractivity contribution in [3.63, 3.8) is 0 Å². The van der Waals surface area contributed by atoms with Gasteiger partial charge in [-0.2, -0.15) is 0 Å². The van der Waals surface area contributed by atoms with Gasteiger partial charge >= 0.3 is 5.97 Å². The lowest BCUT2D eigenvalue weighted by atomic mass is 9.98. The molecule has 0 saturated heterocycles. The number of halogens is 3. The third-order valence-corrected chi connectivity index (χ3v) is 3.24. The summed E-state index contributed by atoms with van der Waals surface area (Å²) in [5, 5.41) is 0.374. The highest BCUT2D eigenvalue weighted by Crippen LogP contribution is 2.39. The summed E-state index contributed by atoms with van der Waals surface area (Å²) in [6, 6.07) is 7.99. The molecule has 0 saturated carbocycles. The maximum absolute atomic E-state index is 13.8. The first-order valence-electron chi connectivity index (χ1n) is 5.52. The zero-order valence-corrected chi connectivity index (χ0v) is 10.2. The second kappa shape index (κ2) is 4.31. The minimum Gasteiger partial charge on any atom is -0.449 e. The molecule has 0 spiro atoms. The summed E-state index contributed by atoms with van der Waals surface area (Å²) in [6.07, 6.45) is -1.10. The van der Waals surface area contributed by atoms with Crippen LogP contribution in [-0.2, 0) is 4.74 Å². The normalized spacial score (nSPS) is 17.2. The van der Waals surface area contributed by atoms with Crippen LogP contribution in [0.5, 0.6) is 0 Å². The Balaban J connectivity index is 2.20. The van der Waals surface area contributed by atoms with Gasteiger partial charge in [0.1, 0.15) is 11.6 Å². The maximum atomic E-state index is 13.8. The molecular weight excluding hydrogens is 274 g/mol. The standard InChI is InChI=1S/C14H7ClF2O2/c15-7-4-5-8-9(6-7)13(19-14(8)18)12-10(16)2-1-3-11(12)17/h1-6,13H. The van der Waals surface area contributed by atoms with E-state index in [2.05, 4.69) is 0 Å². The van der Waals surface area contributed by atoms with E-state index in [0.717, 1.165) is 12.1 Å². The van der Waals surface area contributed by atoms with Crippen LogP contribution in [0.1, 0.15) is 27.6 Å². The Hall–Kier alpha value is -1.94. The van der Waals surface area contributed by atoms with Gasteiger partial charge < -0.3 is 4.74 Å². The molecule has 1 aliphatic heterocycles. The lowest BCUT2D eigenvalue weighted by molar-refractivity contribution is 0.0445. The topological polar surface area (TPSA) is 26.3 Å². The number of rotatable bonds is 1. The van der Waals surface area contributed by atoms with Crippen molar-refractivity contribution in [3.05, 3.63) is 69.7 Å². The summed E-state index contributed by atoms with van der Waals surface area (Å²) in [5.41, 5.74) is 0.371. The molecule has 0 aromatic heterocycles.